The zero-order chi connectivity index (χ0) is 43.1. The summed E-state index contributed by atoms with van der Waals surface area (Å²) < 4.78 is 10.6. The summed E-state index contributed by atoms with van der Waals surface area (Å²) in [4.78, 5) is 29.4. The number of amides is 1. The molecule has 319 valence electrons. The van der Waals surface area contributed by atoms with Gasteiger partial charge in [0.15, 0.2) is 0 Å². The summed E-state index contributed by atoms with van der Waals surface area (Å²) in [6.07, 6.45) is 9.28. The molecule has 4 aromatic carbocycles. The Balaban J connectivity index is 0.000000164. The summed E-state index contributed by atoms with van der Waals surface area (Å²) >= 11 is 0. The first kappa shape index (κ1) is 46.1. The largest absolute Gasteiger partial charge is 2.00 e. The second-order valence-corrected chi connectivity index (χ2v) is 14.7. The van der Waals surface area contributed by atoms with Gasteiger partial charge in [0.05, 0.1) is 48.8 Å². The smallest absolute Gasteiger partial charge is 0.804 e. The van der Waals surface area contributed by atoms with Crippen LogP contribution in [-0.2, 0) is 40.2 Å². The fourth-order valence-electron chi connectivity index (χ4n) is 7.26. The second-order valence-electron chi connectivity index (χ2n) is 14.7. The molecule has 1 radical (unpaired) electrons. The van der Waals surface area contributed by atoms with Crippen LogP contribution in [0, 0.1) is 6.92 Å². The Kier molecular flexibility index (Phi) is 16.9. The Hall–Kier alpha value is -6.43. The predicted molar refractivity (Wildman–Crippen MR) is 250 cm³/mol. The minimum atomic E-state index is -0.0514. The average Bonchev–Trinajstić information content (AvgIpc) is 3.32. The van der Waals surface area contributed by atoms with Crippen molar-refractivity contribution in [2.24, 2.45) is 5.73 Å². The van der Waals surface area contributed by atoms with Gasteiger partial charge in [-0.2, -0.15) is 11.4 Å². The van der Waals surface area contributed by atoms with Crippen molar-refractivity contribution in [3.63, 3.8) is 0 Å². The molecule has 0 saturated heterocycles. The summed E-state index contributed by atoms with van der Waals surface area (Å²) in [5.74, 6) is 0.0395. The van der Waals surface area contributed by atoms with Crippen molar-refractivity contribution in [2.45, 2.75) is 26.2 Å². The van der Waals surface area contributed by atoms with Crippen LogP contribution >= 0.6 is 0 Å². The van der Waals surface area contributed by atoms with Gasteiger partial charge in [0.2, 0.25) is 5.91 Å². The molecular weight excluding hydrogens is 876 g/mol. The number of ether oxygens (including phenoxy) is 2. The zero-order valence-electron chi connectivity index (χ0n) is 35.0. The van der Waals surface area contributed by atoms with Gasteiger partial charge >= 0.3 is 19.5 Å². The van der Waals surface area contributed by atoms with Gasteiger partial charge in [0, 0.05) is 55.1 Å². The van der Waals surface area contributed by atoms with Gasteiger partial charge in [-0.3, -0.25) is 24.7 Å². The van der Waals surface area contributed by atoms with Crippen molar-refractivity contribution in [2.75, 3.05) is 39.5 Å². The Labute approximate surface area is 380 Å². The van der Waals surface area contributed by atoms with Gasteiger partial charge < -0.3 is 31.3 Å². The maximum atomic E-state index is 11.9. The monoisotopic (exact) mass is 923 g/mol. The SMILES string of the molecule is Cc1ccnc(-c2cc(CCCC(=O)NCCOCCOCCN)ccn2)c1.[N-]=C1C(=[N-])c2c(ccc3ccccc23)-c2ccccc21.[Rh+2].c1cnc2c(c1)ccc1cccnc12. The second kappa shape index (κ2) is 23.1. The normalized spacial score (nSPS) is 11.4. The van der Waals surface area contributed by atoms with E-state index in [1.165, 1.54) is 0 Å². The van der Waals surface area contributed by atoms with E-state index in [2.05, 4.69) is 49.5 Å². The minimum Gasteiger partial charge on any atom is -0.804 e. The van der Waals surface area contributed by atoms with E-state index in [9.17, 15) is 15.6 Å². The first-order chi connectivity index (χ1) is 30.4. The molecule has 1 amide bonds. The molecule has 0 spiro atoms. The van der Waals surface area contributed by atoms with E-state index in [1.54, 1.807) is 24.8 Å². The number of rotatable bonds is 13. The molecule has 9 rings (SSSR count). The van der Waals surface area contributed by atoms with Crippen LogP contribution in [0.15, 0.2) is 146 Å². The summed E-state index contributed by atoms with van der Waals surface area (Å²) in [7, 11) is 0. The van der Waals surface area contributed by atoms with Crippen LogP contribution in [0.2, 0.25) is 0 Å². The van der Waals surface area contributed by atoms with Crippen molar-refractivity contribution in [1.82, 2.24) is 25.3 Å². The molecule has 0 fully saturated rings. The number of benzene rings is 4. The Morgan fingerprint density at radius 2 is 1.24 bits per heavy atom. The number of nitrogens with zero attached hydrogens (tertiary/aromatic N) is 6. The van der Waals surface area contributed by atoms with Crippen LogP contribution in [0.25, 0.3) is 65.9 Å². The molecule has 4 aromatic heterocycles. The third-order valence-corrected chi connectivity index (χ3v) is 10.3. The molecule has 1 aliphatic rings. The molecule has 0 saturated carbocycles. The number of aromatic nitrogens is 4. The quantitative estimate of drug-likeness (QED) is 0.0656. The first-order valence-corrected chi connectivity index (χ1v) is 20.7. The van der Waals surface area contributed by atoms with Gasteiger partial charge in [0.1, 0.15) is 0 Å². The minimum absolute atomic E-state index is 0. The summed E-state index contributed by atoms with van der Waals surface area (Å²) in [5, 5.41) is 27.8. The summed E-state index contributed by atoms with van der Waals surface area (Å²) in [6, 6.07) is 39.6. The van der Waals surface area contributed by atoms with Gasteiger partial charge in [-0.25, -0.2) is 0 Å². The zero-order valence-corrected chi connectivity index (χ0v) is 36.7. The van der Waals surface area contributed by atoms with Crippen molar-refractivity contribution >= 4 is 49.9 Å². The molecule has 0 atom stereocenters. The van der Waals surface area contributed by atoms with Gasteiger partial charge in [-0.1, -0.05) is 84.9 Å². The summed E-state index contributed by atoms with van der Waals surface area (Å²) in [5.41, 5.74) is 14.5. The molecule has 3 N–H and O–H groups in total. The van der Waals surface area contributed by atoms with Crippen molar-refractivity contribution in [1.29, 1.82) is 0 Å². The maximum absolute atomic E-state index is 11.9. The molecule has 0 aliphatic heterocycles. The van der Waals surface area contributed by atoms with Crippen LogP contribution in [0.5, 0.6) is 0 Å². The van der Waals surface area contributed by atoms with Crippen molar-refractivity contribution in [3.05, 3.63) is 179 Å². The maximum Gasteiger partial charge on any atom is 2.00 e. The van der Waals surface area contributed by atoms with Crippen LogP contribution in [0.3, 0.4) is 0 Å². The van der Waals surface area contributed by atoms with E-state index in [4.69, 9.17) is 15.2 Å². The average molecular weight is 924 g/mol. The molecule has 1 aliphatic carbocycles. The van der Waals surface area contributed by atoms with Crippen molar-refractivity contribution in [3.8, 4) is 22.5 Å². The Morgan fingerprint density at radius 1 is 0.619 bits per heavy atom. The number of fused-ring (bicyclic) bond motifs is 8. The number of carbonyl (C=O) groups excluding carboxylic acids is 1. The molecule has 12 heteroatoms. The Bertz CT molecular complexity index is 2780. The first-order valence-electron chi connectivity index (χ1n) is 20.7. The third kappa shape index (κ3) is 11.9. The van der Waals surface area contributed by atoms with Gasteiger partial charge in [0.25, 0.3) is 0 Å². The number of carbonyl (C=O) groups is 1. The third-order valence-electron chi connectivity index (χ3n) is 10.3. The number of pyridine rings is 4. The van der Waals surface area contributed by atoms with Crippen molar-refractivity contribution < 1.29 is 33.7 Å². The van der Waals surface area contributed by atoms with Crippen LogP contribution in [0.1, 0.15) is 35.1 Å². The van der Waals surface area contributed by atoms with Crippen LogP contribution in [-0.4, -0.2) is 76.8 Å². The fourth-order valence-corrected chi connectivity index (χ4v) is 7.26. The van der Waals surface area contributed by atoms with E-state index in [0.717, 1.165) is 79.1 Å². The fraction of sp³-hybridized carbons (Fsp3) is 0.196. The molecule has 0 unspecified atom stereocenters. The number of hydrogen-bond acceptors (Lipinski definition) is 8. The van der Waals surface area contributed by atoms with Crippen LogP contribution < -0.4 is 11.1 Å². The molecule has 0 bridgehead atoms. The summed E-state index contributed by atoms with van der Waals surface area (Å²) in [6.45, 7) is 5.12. The Morgan fingerprint density at radius 3 is 1.95 bits per heavy atom. The number of hydrogen-bond donors (Lipinski definition) is 2. The number of nitrogens with one attached hydrogen (secondary N) is 1. The van der Waals surface area contributed by atoms with E-state index < -0.39 is 0 Å². The molecule has 63 heavy (non-hydrogen) atoms. The van der Waals surface area contributed by atoms with Gasteiger partial charge in [-0.05, 0) is 100 Å². The topological polar surface area (TPSA) is 170 Å². The van der Waals surface area contributed by atoms with Gasteiger partial charge in [-0.15, -0.1) is 0 Å². The van der Waals surface area contributed by atoms with E-state index in [-0.39, 0.29) is 36.8 Å². The molecule has 4 heterocycles. The number of aryl methyl sites for hydroxylation is 2. The molecule has 11 nitrogen and oxygen atoms in total. The predicted octanol–water partition coefficient (Wildman–Crippen LogP) is 8.90. The van der Waals surface area contributed by atoms with E-state index in [0.29, 0.717) is 57.1 Å². The molecular formula is C51H48N8O3Rh. The van der Waals surface area contributed by atoms with E-state index in [1.807, 2.05) is 104 Å². The number of nitrogens with two attached hydrogens (primary N) is 1. The molecule has 8 aromatic rings. The van der Waals surface area contributed by atoms with E-state index >= 15 is 0 Å². The van der Waals surface area contributed by atoms with Crippen LogP contribution in [0.4, 0.5) is 0 Å². The standard InChI is InChI=1S/C21H30N4O3.C18H10N2.C12H8N2.Rh/c1-17-5-8-23-19(15-17)20-16-18(6-9-24-20)3-2-4-21(26)25-10-12-28-14-13-27-11-7-22;19-17-15-8-4-3-7-13(15)14-10-9-11-5-1-2-6-12(11)16(14)18(17)20;1-3-9-5-6-10-4-2-8-14-12(10)11(9)13-7-1;/h5-6,8-9,15-16H,2-4,7,10-14,22H2,1H3,(H,25,26);1-10H;1-8H;/q;-2;;+2.